The van der Waals surface area contributed by atoms with E-state index in [-0.39, 0.29) is 0 Å². The normalized spacial score (nSPS) is 24.3. The molecule has 0 saturated carbocycles. The zero-order valence-corrected chi connectivity index (χ0v) is 12.6. The van der Waals surface area contributed by atoms with Gasteiger partial charge in [-0.3, -0.25) is 4.90 Å². The lowest BCUT2D eigenvalue weighted by Gasteiger charge is -2.21. The van der Waals surface area contributed by atoms with Crippen LogP contribution in [0.3, 0.4) is 0 Å². The summed E-state index contributed by atoms with van der Waals surface area (Å²) in [6.45, 7) is 6.52. The van der Waals surface area contributed by atoms with Crippen LogP contribution in [0, 0.1) is 5.92 Å². The third kappa shape index (κ3) is 3.18. The highest BCUT2D eigenvalue weighted by Crippen LogP contribution is 2.35. The first-order chi connectivity index (χ1) is 9.19. The standard InChI is InChI=1S/C17H28N2/c1-4-14(5-2)15-7-6-8-16(10-15)17-9-13(11-18)12-19(17)3/h6-8,10,13-14,17H,4-5,9,11-12,18H2,1-3H3. The first-order valence-electron chi connectivity index (χ1n) is 7.69. The molecular weight excluding hydrogens is 232 g/mol. The highest BCUT2D eigenvalue weighted by molar-refractivity contribution is 5.29. The van der Waals surface area contributed by atoms with Gasteiger partial charge in [0, 0.05) is 12.6 Å². The smallest absolute Gasteiger partial charge is 0.0348 e. The Morgan fingerprint density at radius 2 is 2.05 bits per heavy atom. The van der Waals surface area contributed by atoms with Crippen molar-refractivity contribution >= 4 is 0 Å². The molecule has 1 aromatic carbocycles. The monoisotopic (exact) mass is 260 g/mol. The molecule has 0 aliphatic carbocycles. The van der Waals surface area contributed by atoms with E-state index in [4.69, 9.17) is 5.73 Å². The van der Waals surface area contributed by atoms with Crippen LogP contribution in [0.5, 0.6) is 0 Å². The van der Waals surface area contributed by atoms with E-state index in [1.54, 1.807) is 0 Å². The van der Waals surface area contributed by atoms with Crippen LogP contribution in [0.1, 0.15) is 56.2 Å². The lowest BCUT2D eigenvalue weighted by atomic mass is 9.90. The molecule has 1 saturated heterocycles. The van der Waals surface area contributed by atoms with Gasteiger partial charge in [0.15, 0.2) is 0 Å². The summed E-state index contributed by atoms with van der Waals surface area (Å²) in [6, 6.07) is 9.79. The lowest BCUT2D eigenvalue weighted by Crippen LogP contribution is -2.20. The number of likely N-dealkylation sites (tertiary alicyclic amines) is 1. The van der Waals surface area contributed by atoms with Crippen LogP contribution in [-0.4, -0.2) is 25.0 Å². The summed E-state index contributed by atoms with van der Waals surface area (Å²) in [4.78, 5) is 2.46. The molecular formula is C17H28N2. The van der Waals surface area contributed by atoms with Gasteiger partial charge in [-0.25, -0.2) is 0 Å². The van der Waals surface area contributed by atoms with Crippen molar-refractivity contribution in [1.29, 1.82) is 0 Å². The highest BCUT2D eigenvalue weighted by Gasteiger charge is 2.29. The summed E-state index contributed by atoms with van der Waals surface area (Å²) in [6.07, 6.45) is 3.66. The molecule has 2 nitrogen and oxygen atoms in total. The van der Waals surface area contributed by atoms with Crippen molar-refractivity contribution in [3.63, 3.8) is 0 Å². The SMILES string of the molecule is CCC(CC)c1cccc(C2CC(CN)CN2C)c1. The maximum absolute atomic E-state index is 5.83. The van der Waals surface area contributed by atoms with E-state index < -0.39 is 0 Å². The molecule has 2 N–H and O–H groups in total. The first kappa shape index (κ1) is 14.5. The second-order valence-electron chi connectivity index (χ2n) is 5.98. The van der Waals surface area contributed by atoms with Gasteiger partial charge in [-0.2, -0.15) is 0 Å². The van der Waals surface area contributed by atoms with E-state index in [1.165, 1.54) is 30.4 Å². The fourth-order valence-electron chi connectivity index (χ4n) is 3.45. The Morgan fingerprint density at radius 3 is 2.63 bits per heavy atom. The molecule has 2 rings (SSSR count). The van der Waals surface area contributed by atoms with E-state index in [9.17, 15) is 0 Å². The Kier molecular flexibility index (Phi) is 5.00. The molecule has 19 heavy (non-hydrogen) atoms. The quantitative estimate of drug-likeness (QED) is 0.877. The fourth-order valence-corrected chi connectivity index (χ4v) is 3.45. The van der Waals surface area contributed by atoms with Gasteiger partial charge in [0.2, 0.25) is 0 Å². The molecule has 1 heterocycles. The van der Waals surface area contributed by atoms with Gasteiger partial charge in [0.05, 0.1) is 0 Å². The van der Waals surface area contributed by atoms with Crippen molar-refractivity contribution in [3.8, 4) is 0 Å². The largest absolute Gasteiger partial charge is 0.330 e. The topological polar surface area (TPSA) is 29.3 Å². The van der Waals surface area contributed by atoms with Crippen LogP contribution in [-0.2, 0) is 0 Å². The second kappa shape index (κ2) is 6.53. The number of nitrogens with zero attached hydrogens (tertiary/aromatic N) is 1. The van der Waals surface area contributed by atoms with Crippen molar-refractivity contribution in [3.05, 3.63) is 35.4 Å². The first-order valence-corrected chi connectivity index (χ1v) is 7.69. The number of nitrogens with two attached hydrogens (primary N) is 1. The molecule has 0 bridgehead atoms. The maximum atomic E-state index is 5.83. The van der Waals surface area contributed by atoms with Crippen LogP contribution in [0.4, 0.5) is 0 Å². The van der Waals surface area contributed by atoms with Gasteiger partial charge in [-0.15, -0.1) is 0 Å². The van der Waals surface area contributed by atoms with E-state index >= 15 is 0 Å². The van der Waals surface area contributed by atoms with E-state index in [0.717, 1.165) is 13.1 Å². The van der Waals surface area contributed by atoms with Crippen molar-refractivity contribution in [2.24, 2.45) is 11.7 Å². The molecule has 1 aromatic rings. The molecule has 2 heteroatoms. The van der Waals surface area contributed by atoms with Gasteiger partial charge < -0.3 is 5.73 Å². The zero-order valence-electron chi connectivity index (χ0n) is 12.6. The molecule has 1 aliphatic heterocycles. The predicted molar refractivity (Wildman–Crippen MR) is 82.3 cm³/mol. The Morgan fingerprint density at radius 1 is 1.32 bits per heavy atom. The van der Waals surface area contributed by atoms with Crippen molar-refractivity contribution in [1.82, 2.24) is 4.90 Å². The van der Waals surface area contributed by atoms with Crippen LogP contribution >= 0.6 is 0 Å². The van der Waals surface area contributed by atoms with Crippen LogP contribution < -0.4 is 5.73 Å². The number of rotatable bonds is 5. The van der Waals surface area contributed by atoms with Crippen LogP contribution in [0.2, 0.25) is 0 Å². The summed E-state index contributed by atoms with van der Waals surface area (Å²) >= 11 is 0. The van der Waals surface area contributed by atoms with Gasteiger partial charge in [0.25, 0.3) is 0 Å². The van der Waals surface area contributed by atoms with Gasteiger partial charge in [-0.05, 0) is 55.8 Å². The highest BCUT2D eigenvalue weighted by atomic mass is 15.2. The Hall–Kier alpha value is -0.860. The minimum Gasteiger partial charge on any atom is -0.330 e. The average molecular weight is 260 g/mol. The third-order valence-corrected chi connectivity index (χ3v) is 4.72. The van der Waals surface area contributed by atoms with Gasteiger partial charge >= 0.3 is 0 Å². The molecule has 1 aliphatic rings. The second-order valence-corrected chi connectivity index (χ2v) is 5.98. The Bertz CT molecular complexity index is 398. The molecule has 106 valence electrons. The number of benzene rings is 1. The molecule has 0 radical (unpaired) electrons. The third-order valence-electron chi connectivity index (χ3n) is 4.72. The van der Waals surface area contributed by atoms with Crippen molar-refractivity contribution in [2.75, 3.05) is 20.1 Å². The summed E-state index contributed by atoms with van der Waals surface area (Å²) < 4.78 is 0. The average Bonchev–Trinajstić information content (AvgIpc) is 2.82. The summed E-state index contributed by atoms with van der Waals surface area (Å²) in [5.74, 6) is 1.36. The minimum absolute atomic E-state index is 0.558. The number of hydrogen-bond acceptors (Lipinski definition) is 2. The predicted octanol–water partition coefficient (Wildman–Crippen LogP) is 3.54. The van der Waals surface area contributed by atoms with Crippen molar-refractivity contribution < 1.29 is 0 Å². The molecule has 0 spiro atoms. The molecule has 2 unspecified atom stereocenters. The maximum Gasteiger partial charge on any atom is 0.0348 e. The van der Waals surface area contributed by atoms with E-state index in [2.05, 4.69) is 50.1 Å². The van der Waals surface area contributed by atoms with E-state index in [0.29, 0.717) is 17.9 Å². The Labute approximate surface area is 118 Å². The molecule has 0 aromatic heterocycles. The molecule has 0 amide bonds. The van der Waals surface area contributed by atoms with Crippen LogP contribution in [0.25, 0.3) is 0 Å². The summed E-state index contributed by atoms with van der Waals surface area (Å²) in [5.41, 5.74) is 8.81. The van der Waals surface area contributed by atoms with Crippen molar-refractivity contribution in [2.45, 2.75) is 45.1 Å². The summed E-state index contributed by atoms with van der Waals surface area (Å²) in [7, 11) is 2.23. The fraction of sp³-hybridized carbons (Fsp3) is 0.647. The lowest BCUT2D eigenvalue weighted by molar-refractivity contribution is 0.313. The number of hydrogen-bond donors (Lipinski definition) is 1. The Balaban J connectivity index is 2.19. The van der Waals surface area contributed by atoms with Crippen LogP contribution in [0.15, 0.2) is 24.3 Å². The van der Waals surface area contributed by atoms with Gasteiger partial charge in [0.1, 0.15) is 0 Å². The minimum atomic E-state index is 0.558. The molecule has 1 fully saturated rings. The van der Waals surface area contributed by atoms with Gasteiger partial charge in [-0.1, -0.05) is 38.1 Å². The molecule has 2 atom stereocenters. The van der Waals surface area contributed by atoms with E-state index in [1.807, 2.05) is 0 Å². The summed E-state index contributed by atoms with van der Waals surface area (Å²) in [5, 5.41) is 0. The zero-order chi connectivity index (χ0) is 13.8.